The van der Waals surface area contributed by atoms with Crippen LogP contribution in [0.4, 0.5) is 0 Å². The zero-order valence-corrected chi connectivity index (χ0v) is 14.1. The molecule has 1 atom stereocenters. The lowest BCUT2D eigenvalue weighted by Crippen LogP contribution is -2.38. The number of amides is 1. The minimum Gasteiger partial charge on any atom is -0.466 e. The summed E-state index contributed by atoms with van der Waals surface area (Å²) >= 11 is 0. The lowest BCUT2D eigenvalue weighted by Gasteiger charge is -2.21. The maximum atomic E-state index is 12.8. The minimum absolute atomic E-state index is 0.121. The van der Waals surface area contributed by atoms with Crippen molar-refractivity contribution in [3.05, 3.63) is 71.8 Å². The van der Waals surface area contributed by atoms with Crippen LogP contribution in [0, 0.1) is 0 Å². The van der Waals surface area contributed by atoms with Crippen molar-refractivity contribution in [2.24, 2.45) is 0 Å². The second-order valence-electron chi connectivity index (χ2n) is 5.67. The summed E-state index contributed by atoms with van der Waals surface area (Å²) in [5.41, 5.74) is 1.84. The van der Waals surface area contributed by atoms with Gasteiger partial charge in [0.05, 0.1) is 18.9 Å². The second kappa shape index (κ2) is 8.87. The summed E-state index contributed by atoms with van der Waals surface area (Å²) in [6.45, 7) is 3.92. The molecule has 2 aromatic rings. The van der Waals surface area contributed by atoms with Crippen LogP contribution in [0.5, 0.6) is 0 Å². The average molecular weight is 325 g/mol. The summed E-state index contributed by atoms with van der Waals surface area (Å²) in [6.07, 6.45) is 0.163. The van der Waals surface area contributed by atoms with Crippen molar-refractivity contribution in [3.8, 4) is 0 Å². The van der Waals surface area contributed by atoms with Gasteiger partial charge in [0.15, 0.2) is 0 Å². The fourth-order valence-corrected chi connectivity index (χ4v) is 2.63. The Labute approximate surface area is 142 Å². The molecule has 24 heavy (non-hydrogen) atoms. The first-order chi connectivity index (χ1) is 11.6. The predicted molar refractivity (Wildman–Crippen MR) is 93.6 cm³/mol. The van der Waals surface area contributed by atoms with Gasteiger partial charge in [0.25, 0.3) is 0 Å². The zero-order valence-electron chi connectivity index (χ0n) is 14.1. The van der Waals surface area contributed by atoms with Crippen molar-refractivity contribution in [3.63, 3.8) is 0 Å². The summed E-state index contributed by atoms with van der Waals surface area (Å²) in [5, 5.41) is 2.93. The fraction of sp³-hybridized carbons (Fsp3) is 0.300. The number of hydrogen-bond acceptors (Lipinski definition) is 3. The molecule has 0 aromatic heterocycles. The van der Waals surface area contributed by atoms with Crippen LogP contribution in [0.15, 0.2) is 60.7 Å². The summed E-state index contributed by atoms with van der Waals surface area (Å²) in [4.78, 5) is 24.4. The average Bonchev–Trinajstić information content (AvgIpc) is 2.57. The van der Waals surface area contributed by atoms with Crippen LogP contribution in [-0.4, -0.2) is 24.5 Å². The fourth-order valence-electron chi connectivity index (χ4n) is 2.63. The molecule has 4 nitrogen and oxygen atoms in total. The van der Waals surface area contributed by atoms with E-state index in [-0.39, 0.29) is 24.3 Å². The molecule has 0 aliphatic carbocycles. The van der Waals surface area contributed by atoms with E-state index in [1.54, 1.807) is 6.92 Å². The second-order valence-corrected chi connectivity index (χ2v) is 5.67. The molecule has 0 fully saturated rings. The molecule has 0 aliphatic heterocycles. The molecular formula is C20H23NO3. The van der Waals surface area contributed by atoms with Gasteiger partial charge >= 0.3 is 5.97 Å². The van der Waals surface area contributed by atoms with Crippen molar-refractivity contribution in [2.45, 2.75) is 32.2 Å². The van der Waals surface area contributed by atoms with Gasteiger partial charge in [-0.3, -0.25) is 9.59 Å². The van der Waals surface area contributed by atoms with Crippen molar-refractivity contribution in [2.75, 3.05) is 6.61 Å². The molecule has 0 radical (unpaired) electrons. The van der Waals surface area contributed by atoms with Gasteiger partial charge in [0.1, 0.15) is 0 Å². The van der Waals surface area contributed by atoms with Crippen molar-refractivity contribution < 1.29 is 14.3 Å². The Bertz CT molecular complexity index is 616. The number of rotatable bonds is 7. The first-order valence-corrected chi connectivity index (χ1v) is 8.17. The number of carbonyl (C=O) groups is 2. The van der Waals surface area contributed by atoms with Gasteiger partial charge in [-0.15, -0.1) is 0 Å². The number of nitrogens with one attached hydrogen (secondary N) is 1. The molecule has 1 unspecified atom stereocenters. The van der Waals surface area contributed by atoms with E-state index < -0.39 is 5.92 Å². The minimum atomic E-state index is -0.406. The molecule has 0 aliphatic rings. The van der Waals surface area contributed by atoms with Crippen LogP contribution in [0.3, 0.4) is 0 Å². The molecular weight excluding hydrogens is 302 g/mol. The molecule has 2 aromatic carbocycles. The third kappa shape index (κ3) is 4.95. The number of carbonyl (C=O) groups excluding carboxylic acids is 2. The van der Waals surface area contributed by atoms with Gasteiger partial charge in [0, 0.05) is 6.04 Å². The Morgan fingerprint density at radius 1 is 0.958 bits per heavy atom. The van der Waals surface area contributed by atoms with E-state index in [2.05, 4.69) is 5.32 Å². The largest absolute Gasteiger partial charge is 0.466 e. The molecule has 0 heterocycles. The first-order valence-electron chi connectivity index (χ1n) is 8.17. The van der Waals surface area contributed by atoms with E-state index in [4.69, 9.17) is 4.74 Å². The van der Waals surface area contributed by atoms with Gasteiger partial charge in [0.2, 0.25) is 5.91 Å². The molecule has 4 heteroatoms. The quantitative estimate of drug-likeness (QED) is 0.795. The molecule has 0 spiro atoms. The number of hydrogen-bond donors (Lipinski definition) is 1. The monoisotopic (exact) mass is 325 g/mol. The SMILES string of the molecule is CCOC(=O)CC(C)NC(=O)C(c1ccccc1)c1ccccc1. The highest BCUT2D eigenvalue weighted by Crippen LogP contribution is 2.25. The van der Waals surface area contributed by atoms with Crippen LogP contribution >= 0.6 is 0 Å². The molecule has 126 valence electrons. The van der Waals surface area contributed by atoms with E-state index in [0.717, 1.165) is 11.1 Å². The van der Waals surface area contributed by atoms with Gasteiger partial charge < -0.3 is 10.1 Å². The third-order valence-electron chi connectivity index (χ3n) is 3.69. The Balaban J connectivity index is 2.15. The topological polar surface area (TPSA) is 55.4 Å². The maximum absolute atomic E-state index is 12.8. The summed E-state index contributed by atoms with van der Waals surface area (Å²) in [5.74, 6) is -0.831. The Hall–Kier alpha value is -2.62. The smallest absolute Gasteiger partial charge is 0.307 e. The molecule has 2 rings (SSSR count). The molecule has 0 saturated heterocycles. The van der Waals surface area contributed by atoms with E-state index in [0.29, 0.717) is 6.61 Å². The number of esters is 1. The number of benzene rings is 2. The molecule has 1 amide bonds. The van der Waals surface area contributed by atoms with E-state index >= 15 is 0 Å². The lowest BCUT2D eigenvalue weighted by atomic mass is 9.90. The van der Waals surface area contributed by atoms with Crippen LogP contribution in [-0.2, 0) is 14.3 Å². The third-order valence-corrected chi connectivity index (χ3v) is 3.69. The van der Waals surface area contributed by atoms with Gasteiger partial charge in [-0.25, -0.2) is 0 Å². The van der Waals surface area contributed by atoms with E-state index in [1.807, 2.05) is 67.6 Å². The Morgan fingerprint density at radius 3 is 1.92 bits per heavy atom. The van der Waals surface area contributed by atoms with Crippen molar-refractivity contribution >= 4 is 11.9 Å². The van der Waals surface area contributed by atoms with Crippen LogP contribution in [0.2, 0.25) is 0 Å². The van der Waals surface area contributed by atoms with Gasteiger partial charge in [-0.1, -0.05) is 60.7 Å². The highest BCUT2D eigenvalue weighted by atomic mass is 16.5. The molecule has 1 N–H and O–H groups in total. The standard InChI is InChI=1S/C20H23NO3/c1-3-24-18(22)14-15(2)21-20(23)19(16-10-6-4-7-11-16)17-12-8-5-9-13-17/h4-13,15,19H,3,14H2,1-2H3,(H,21,23). The van der Waals surface area contributed by atoms with E-state index in [1.165, 1.54) is 0 Å². The maximum Gasteiger partial charge on any atom is 0.307 e. The molecule has 0 saturated carbocycles. The van der Waals surface area contributed by atoms with Crippen LogP contribution < -0.4 is 5.32 Å². The lowest BCUT2D eigenvalue weighted by molar-refractivity contribution is -0.143. The first kappa shape index (κ1) is 17.7. The van der Waals surface area contributed by atoms with E-state index in [9.17, 15) is 9.59 Å². The molecule has 0 bridgehead atoms. The Morgan fingerprint density at radius 2 is 1.46 bits per heavy atom. The van der Waals surface area contributed by atoms with Gasteiger partial charge in [-0.05, 0) is 25.0 Å². The summed E-state index contributed by atoms with van der Waals surface area (Å²) < 4.78 is 4.93. The van der Waals surface area contributed by atoms with Crippen molar-refractivity contribution in [1.82, 2.24) is 5.32 Å². The summed E-state index contributed by atoms with van der Waals surface area (Å²) in [7, 11) is 0. The highest BCUT2D eigenvalue weighted by Gasteiger charge is 2.24. The van der Waals surface area contributed by atoms with Crippen LogP contribution in [0.1, 0.15) is 37.3 Å². The highest BCUT2D eigenvalue weighted by molar-refractivity contribution is 5.87. The normalized spacial score (nSPS) is 11.8. The zero-order chi connectivity index (χ0) is 17.4. The van der Waals surface area contributed by atoms with Gasteiger partial charge in [-0.2, -0.15) is 0 Å². The van der Waals surface area contributed by atoms with Crippen molar-refractivity contribution in [1.29, 1.82) is 0 Å². The predicted octanol–water partition coefficient (Wildman–Crippen LogP) is 3.28. The van der Waals surface area contributed by atoms with Crippen LogP contribution in [0.25, 0.3) is 0 Å². The summed E-state index contributed by atoms with van der Waals surface area (Å²) in [6, 6.07) is 19.0. The Kier molecular flexibility index (Phi) is 6.55. The number of ether oxygens (including phenoxy) is 1.